The van der Waals surface area contributed by atoms with Crippen molar-refractivity contribution in [3.05, 3.63) is 0 Å². The second-order valence-corrected chi connectivity index (χ2v) is 2.82. The number of hydrogen-bond donors (Lipinski definition) is 1. The van der Waals surface area contributed by atoms with Gasteiger partial charge in [-0.2, -0.15) is 30.7 Å². The molecule has 0 aromatic rings. The van der Waals surface area contributed by atoms with Gasteiger partial charge < -0.3 is 4.74 Å². The molecule has 0 radical (unpaired) electrons. The Balaban J connectivity index is 5.87. The lowest BCUT2D eigenvalue weighted by Crippen LogP contribution is -2.72. The molecule has 0 aliphatic heterocycles. The predicted octanol–water partition coefficient (Wildman–Crippen LogP) is 2.66. The van der Waals surface area contributed by atoms with Gasteiger partial charge in [0.25, 0.3) is 0 Å². The quantitative estimate of drug-likeness (QED) is 0.480. The third-order valence-electron chi connectivity index (χ3n) is 1.84. The second-order valence-electron chi connectivity index (χ2n) is 2.82. The van der Waals surface area contributed by atoms with Gasteiger partial charge in [-0.3, -0.25) is 0 Å². The summed E-state index contributed by atoms with van der Waals surface area (Å²) >= 11 is 0. The van der Waals surface area contributed by atoms with Crippen molar-refractivity contribution in [2.75, 3.05) is 7.11 Å². The molecule has 0 saturated carbocycles. The first-order valence-corrected chi connectivity index (χ1v) is 3.69. The van der Waals surface area contributed by atoms with Crippen LogP contribution in [0.15, 0.2) is 0 Å². The third kappa shape index (κ3) is 2.09. The fourth-order valence-electron chi connectivity index (χ4n) is 0.824. The van der Waals surface area contributed by atoms with E-state index >= 15 is 0 Å². The number of halogens is 10. The Labute approximate surface area is 92.1 Å². The molecule has 3 nitrogen and oxygen atoms in total. The molecule has 0 rings (SSSR count). The lowest BCUT2D eigenvalue weighted by atomic mass is 10.1. The summed E-state index contributed by atoms with van der Waals surface area (Å²) in [5.74, 6) is -19.0. The summed E-state index contributed by atoms with van der Waals surface area (Å²) < 4.78 is 125. The van der Waals surface area contributed by atoms with E-state index in [1.165, 1.54) is 0 Å². The van der Waals surface area contributed by atoms with Gasteiger partial charge >= 0.3 is 23.9 Å². The van der Waals surface area contributed by atoms with E-state index in [9.17, 15) is 44.2 Å². The molecule has 0 heterocycles. The molecule has 13 heteroatoms. The second kappa shape index (κ2) is 4.70. The van der Waals surface area contributed by atoms with Crippen LogP contribution < -0.4 is 5.54 Å². The molecule has 0 aromatic heterocycles. The van der Waals surface area contributed by atoms with Gasteiger partial charge in [0, 0.05) is 7.11 Å². The Kier molecular flexibility index (Phi) is 4.48. The summed E-state index contributed by atoms with van der Waals surface area (Å²) in [6, 6.07) is 0. The molecule has 110 valence electrons. The van der Waals surface area contributed by atoms with Crippen LogP contribution in [0.4, 0.5) is 44.2 Å². The first-order valence-electron chi connectivity index (χ1n) is 3.69. The molecule has 18 heavy (non-hydrogen) atoms. The Bertz CT molecular complexity index is 284. The van der Waals surface area contributed by atoms with Gasteiger partial charge in [-0.15, -0.1) is 10.0 Å². The van der Waals surface area contributed by atoms with Crippen LogP contribution in [0.3, 0.4) is 0 Å². The van der Waals surface area contributed by atoms with E-state index in [2.05, 4.69) is 4.74 Å². The number of alkyl halides is 7. The van der Waals surface area contributed by atoms with Crippen molar-refractivity contribution in [1.29, 1.82) is 0 Å². The number of nitrogens with one attached hydrogen (secondary N) is 1. The van der Waals surface area contributed by atoms with Gasteiger partial charge in [0.1, 0.15) is 0 Å². The molecule has 1 atom stereocenters. The fraction of sp³-hybridized carbons (Fsp3) is 1.00. The van der Waals surface area contributed by atoms with Gasteiger partial charge in [-0.05, 0) is 0 Å². The molecular formula is C5H4F10N2O. The molecule has 0 aliphatic carbocycles. The average molecular weight is 298 g/mol. The van der Waals surface area contributed by atoms with Gasteiger partial charge in [0.05, 0.1) is 5.34 Å². The molecule has 0 aromatic carbocycles. The van der Waals surface area contributed by atoms with Crippen molar-refractivity contribution >= 4 is 0 Å². The number of ether oxygens (including phenoxy) is 1. The number of rotatable bonds is 5. The highest BCUT2D eigenvalue weighted by atomic mass is 19.4. The maximum Gasteiger partial charge on any atom is 0.460 e. The van der Waals surface area contributed by atoms with Crippen molar-refractivity contribution in [3.63, 3.8) is 0 Å². The van der Waals surface area contributed by atoms with Crippen molar-refractivity contribution in [3.8, 4) is 0 Å². The van der Waals surface area contributed by atoms with Crippen LogP contribution in [-0.2, 0) is 4.74 Å². The van der Waals surface area contributed by atoms with E-state index in [0.29, 0.717) is 0 Å². The zero-order chi connectivity index (χ0) is 15.0. The van der Waals surface area contributed by atoms with E-state index in [1.54, 1.807) is 0 Å². The highest BCUT2D eigenvalue weighted by molar-refractivity contribution is 5.00. The Morgan fingerprint density at radius 1 is 0.889 bits per heavy atom. The van der Waals surface area contributed by atoms with Crippen molar-refractivity contribution < 1.29 is 48.9 Å². The Morgan fingerprint density at radius 2 is 1.28 bits per heavy atom. The Hall–Kier alpha value is -0.820. The fourth-order valence-corrected chi connectivity index (χ4v) is 0.824. The minimum atomic E-state index is -6.98. The predicted molar refractivity (Wildman–Crippen MR) is 34.0 cm³/mol. The first kappa shape index (κ1) is 17.2. The summed E-state index contributed by atoms with van der Waals surface area (Å²) in [6.07, 6.45) is -6.91. The van der Waals surface area contributed by atoms with E-state index < -0.39 is 34.8 Å². The molecule has 1 N–H and O–H groups in total. The molecule has 0 aliphatic rings. The topological polar surface area (TPSA) is 24.5 Å². The maximum atomic E-state index is 12.8. The van der Waals surface area contributed by atoms with Crippen molar-refractivity contribution in [2.24, 2.45) is 0 Å². The zero-order valence-electron chi connectivity index (χ0n) is 8.14. The Morgan fingerprint density at radius 3 is 1.44 bits per heavy atom. The highest BCUT2D eigenvalue weighted by Gasteiger charge is 2.83. The minimum Gasteiger partial charge on any atom is -0.340 e. The maximum absolute atomic E-state index is 12.8. The average Bonchev–Trinajstić information content (AvgIpc) is 2.17. The van der Waals surface area contributed by atoms with Crippen LogP contribution in [0, 0.1) is 0 Å². The standard InChI is InChI=1S/C5H4F10N2O/c1-18-5(16-13,17(14)15)3(8,9)2(6,7)4(10,11)12/h16H,1H3. The smallest absolute Gasteiger partial charge is 0.340 e. The van der Waals surface area contributed by atoms with Gasteiger partial charge in [-0.1, -0.05) is 8.96 Å². The van der Waals surface area contributed by atoms with Crippen LogP contribution in [-0.4, -0.2) is 36.3 Å². The SMILES string of the molecule is COC(NF)(N(F)F)C(F)(F)C(F)(F)C(F)(F)F. The third-order valence-corrected chi connectivity index (χ3v) is 1.84. The number of hydrogen-bond acceptors (Lipinski definition) is 3. The van der Waals surface area contributed by atoms with E-state index in [-0.39, 0.29) is 7.11 Å². The van der Waals surface area contributed by atoms with Crippen molar-refractivity contribution in [2.45, 2.75) is 23.9 Å². The zero-order valence-corrected chi connectivity index (χ0v) is 8.14. The van der Waals surface area contributed by atoms with E-state index in [0.717, 1.165) is 0 Å². The number of methoxy groups -OCH3 is 1. The van der Waals surface area contributed by atoms with Crippen molar-refractivity contribution in [1.82, 2.24) is 10.9 Å². The molecule has 0 spiro atoms. The molecule has 0 amide bonds. The summed E-state index contributed by atoms with van der Waals surface area (Å²) in [4.78, 5) is 0. The van der Waals surface area contributed by atoms with Crippen LogP contribution in [0.2, 0.25) is 0 Å². The molecule has 1 unspecified atom stereocenters. The van der Waals surface area contributed by atoms with Crippen LogP contribution in [0.1, 0.15) is 0 Å². The lowest BCUT2D eigenvalue weighted by Gasteiger charge is -2.39. The summed E-state index contributed by atoms with van der Waals surface area (Å²) in [5.41, 5.74) is -0.593. The van der Waals surface area contributed by atoms with Gasteiger partial charge in [-0.25, -0.2) is 0 Å². The molecular weight excluding hydrogens is 294 g/mol. The monoisotopic (exact) mass is 298 g/mol. The van der Waals surface area contributed by atoms with Crippen LogP contribution in [0.25, 0.3) is 0 Å². The normalized spacial score (nSPS) is 18.0. The van der Waals surface area contributed by atoms with Crippen LogP contribution in [0.5, 0.6) is 0 Å². The minimum absolute atomic E-state index is 0.126. The number of nitrogens with zero attached hydrogens (tertiary/aromatic N) is 1. The summed E-state index contributed by atoms with van der Waals surface area (Å²) in [5, 5.41) is -2.98. The van der Waals surface area contributed by atoms with E-state index in [4.69, 9.17) is 0 Å². The largest absolute Gasteiger partial charge is 0.460 e. The molecule has 0 bridgehead atoms. The van der Waals surface area contributed by atoms with E-state index in [1.807, 2.05) is 0 Å². The highest BCUT2D eigenvalue weighted by Crippen LogP contribution is 2.52. The summed E-state index contributed by atoms with van der Waals surface area (Å²) in [7, 11) is -0.126. The van der Waals surface area contributed by atoms with Gasteiger partial charge in [0.15, 0.2) is 0 Å². The lowest BCUT2D eigenvalue weighted by molar-refractivity contribution is -0.467. The van der Waals surface area contributed by atoms with Crippen LogP contribution >= 0.6 is 0 Å². The van der Waals surface area contributed by atoms with Gasteiger partial charge in [0.2, 0.25) is 0 Å². The molecule has 0 saturated heterocycles. The molecule has 0 fully saturated rings. The summed E-state index contributed by atoms with van der Waals surface area (Å²) in [6.45, 7) is 0. The first-order chi connectivity index (χ1) is 7.81.